The molecule has 0 spiro atoms. The third-order valence-electron chi connectivity index (χ3n) is 2.50. The van der Waals surface area contributed by atoms with E-state index in [1.165, 1.54) is 7.11 Å². The molecule has 3 N–H and O–H groups in total. The Kier molecular flexibility index (Phi) is 4.37. The van der Waals surface area contributed by atoms with Gasteiger partial charge in [0, 0.05) is 6.54 Å². The number of carbonyl (C=O) groups is 1. The van der Waals surface area contributed by atoms with E-state index >= 15 is 0 Å². The molecule has 0 heterocycles. The highest BCUT2D eigenvalue weighted by molar-refractivity contribution is 5.93. The van der Waals surface area contributed by atoms with Crippen molar-refractivity contribution in [1.29, 1.82) is 0 Å². The Morgan fingerprint density at radius 2 is 2.12 bits per heavy atom. The molecule has 1 aromatic carbocycles. The van der Waals surface area contributed by atoms with Crippen LogP contribution in [0.5, 0.6) is 0 Å². The van der Waals surface area contributed by atoms with Crippen molar-refractivity contribution in [2.75, 3.05) is 24.7 Å². The fourth-order valence-electron chi connectivity index (χ4n) is 1.52. The highest BCUT2D eigenvalue weighted by Crippen LogP contribution is 2.24. The van der Waals surface area contributed by atoms with E-state index in [4.69, 9.17) is 10.5 Å². The molecule has 0 amide bonds. The molecule has 0 fully saturated rings. The molecule has 0 aromatic heterocycles. The summed E-state index contributed by atoms with van der Waals surface area (Å²) in [5, 5.41) is 3.26. The lowest BCUT2D eigenvalue weighted by molar-refractivity contribution is 0.0600. The van der Waals surface area contributed by atoms with Crippen LogP contribution in [0.1, 0.15) is 29.8 Å². The summed E-state index contributed by atoms with van der Waals surface area (Å²) in [7, 11) is 1.36. The fourth-order valence-corrected chi connectivity index (χ4v) is 1.52. The Hall–Kier alpha value is -1.71. The van der Waals surface area contributed by atoms with E-state index in [0.29, 0.717) is 17.2 Å². The molecular formula is C13H20N2O2. The van der Waals surface area contributed by atoms with Crippen molar-refractivity contribution in [3.63, 3.8) is 0 Å². The number of nitrogen functional groups attached to an aromatic ring is 1. The minimum absolute atomic E-state index is 0.357. The first kappa shape index (κ1) is 13.4. The van der Waals surface area contributed by atoms with Gasteiger partial charge in [-0.2, -0.15) is 0 Å². The van der Waals surface area contributed by atoms with Crippen LogP contribution in [0.2, 0.25) is 0 Å². The van der Waals surface area contributed by atoms with E-state index in [0.717, 1.165) is 17.8 Å². The number of nitrogens with two attached hydrogens (primary N) is 1. The second-order valence-corrected chi connectivity index (χ2v) is 4.52. The van der Waals surface area contributed by atoms with Crippen LogP contribution in [0.15, 0.2) is 12.1 Å². The zero-order chi connectivity index (χ0) is 13.0. The van der Waals surface area contributed by atoms with E-state index in [1.807, 2.05) is 13.0 Å². The molecule has 94 valence electrons. The molecule has 0 saturated heterocycles. The number of nitrogens with one attached hydrogen (secondary N) is 1. The van der Waals surface area contributed by atoms with Gasteiger partial charge < -0.3 is 15.8 Å². The summed E-state index contributed by atoms with van der Waals surface area (Å²) in [6.45, 7) is 6.96. The minimum atomic E-state index is -0.357. The van der Waals surface area contributed by atoms with Crippen molar-refractivity contribution in [2.45, 2.75) is 20.8 Å². The fraction of sp³-hybridized carbons (Fsp3) is 0.462. The van der Waals surface area contributed by atoms with Crippen molar-refractivity contribution < 1.29 is 9.53 Å². The topological polar surface area (TPSA) is 64.3 Å². The average molecular weight is 236 g/mol. The maximum atomic E-state index is 11.5. The van der Waals surface area contributed by atoms with E-state index < -0.39 is 0 Å². The molecule has 17 heavy (non-hydrogen) atoms. The van der Waals surface area contributed by atoms with Gasteiger partial charge in [0.25, 0.3) is 0 Å². The van der Waals surface area contributed by atoms with Gasteiger partial charge in [0.15, 0.2) is 0 Å². The highest BCUT2D eigenvalue weighted by atomic mass is 16.5. The van der Waals surface area contributed by atoms with Crippen LogP contribution in [0.4, 0.5) is 11.4 Å². The van der Waals surface area contributed by atoms with Crippen LogP contribution in [-0.2, 0) is 4.74 Å². The monoisotopic (exact) mass is 236 g/mol. The van der Waals surface area contributed by atoms with Gasteiger partial charge in [0.05, 0.1) is 24.0 Å². The zero-order valence-corrected chi connectivity index (χ0v) is 10.8. The first-order chi connectivity index (χ1) is 7.95. The normalized spacial score (nSPS) is 10.4. The third-order valence-corrected chi connectivity index (χ3v) is 2.50. The standard InChI is InChI=1S/C13H20N2O2/c1-8(2)7-15-12-5-9(3)10(6-11(12)14)13(16)17-4/h5-6,8,15H,7,14H2,1-4H3. The van der Waals surface area contributed by atoms with Crippen LogP contribution >= 0.6 is 0 Å². The van der Waals surface area contributed by atoms with Gasteiger partial charge in [-0.1, -0.05) is 13.8 Å². The number of methoxy groups -OCH3 is 1. The number of hydrogen-bond acceptors (Lipinski definition) is 4. The highest BCUT2D eigenvalue weighted by Gasteiger charge is 2.12. The molecule has 0 atom stereocenters. The molecule has 0 bridgehead atoms. The number of anilines is 2. The van der Waals surface area contributed by atoms with Gasteiger partial charge in [-0.15, -0.1) is 0 Å². The molecule has 4 nitrogen and oxygen atoms in total. The largest absolute Gasteiger partial charge is 0.465 e. The molecule has 4 heteroatoms. The van der Waals surface area contributed by atoms with E-state index in [-0.39, 0.29) is 5.97 Å². The van der Waals surface area contributed by atoms with Crippen LogP contribution in [-0.4, -0.2) is 19.6 Å². The molecular weight excluding hydrogens is 216 g/mol. The summed E-state index contributed by atoms with van der Waals surface area (Å²) in [6, 6.07) is 3.54. The summed E-state index contributed by atoms with van der Waals surface area (Å²) in [5.41, 5.74) is 8.70. The minimum Gasteiger partial charge on any atom is -0.465 e. The number of esters is 1. The Labute approximate surface area is 102 Å². The van der Waals surface area contributed by atoms with Crippen molar-refractivity contribution in [1.82, 2.24) is 0 Å². The van der Waals surface area contributed by atoms with Crippen LogP contribution in [0.25, 0.3) is 0 Å². The molecule has 0 aliphatic heterocycles. The third kappa shape index (κ3) is 3.37. The first-order valence-corrected chi connectivity index (χ1v) is 5.68. The molecule has 0 aliphatic rings. The lowest BCUT2D eigenvalue weighted by atomic mass is 10.1. The lowest BCUT2D eigenvalue weighted by Gasteiger charge is -2.14. The number of hydrogen-bond donors (Lipinski definition) is 2. The Morgan fingerprint density at radius 1 is 1.47 bits per heavy atom. The van der Waals surface area contributed by atoms with E-state index in [9.17, 15) is 4.79 Å². The predicted octanol–water partition coefficient (Wildman–Crippen LogP) is 2.43. The summed E-state index contributed by atoms with van der Waals surface area (Å²) >= 11 is 0. The Balaban J connectivity index is 2.97. The summed E-state index contributed by atoms with van der Waals surface area (Å²) in [5.74, 6) is 0.180. The summed E-state index contributed by atoms with van der Waals surface area (Å²) < 4.78 is 4.70. The molecule has 0 unspecified atom stereocenters. The molecule has 1 rings (SSSR count). The SMILES string of the molecule is COC(=O)c1cc(N)c(NCC(C)C)cc1C. The number of benzene rings is 1. The summed E-state index contributed by atoms with van der Waals surface area (Å²) in [6.07, 6.45) is 0. The van der Waals surface area contributed by atoms with Crippen molar-refractivity contribution in [3.8, 4) is 0 Å². The van der Waals surface area contributed by atoms with Gasteiger partial charge in [-0.3, -0.25) is 0 Å². The van der Waals surface area contributed by atoms with Crippen LogP contribution in [0.3, 0.4) is 0 Å². The van der Waals surface area contributed by atoms with Crippen LogP contribution < -0.4 is 11.1 Å². The quantitative estimate of drug-likeness (QED) is 0.622. The lowest BCUT2D eigenvalue weighted by Crippen LogP contribution is -2.11. The molecule has 1 aromatic rings. The Morgan fingerprint density at radius 3 is 2.65 bits per heavy atom. The smallest absolute Gasteiger partial charge is 0.338 e. The van der Waals surface area contributed by atoms with Crippen molar-refractivity contribution in [3.05, 3.63) is 23.3 Å². The maximum Gasteiger partial charge on any atom is 0.338 e. The second kappa shape index (κ2) is 5.57. The van der Waals surface area contributed by atoms with Gasteiger partial charge >= 0.3 is 5.97 Å². The van der Waals surface area contributed by atoms with Crippen molar-refractivity contribution >= 4 is 17.3 Å². The van der Waals surface area contributed by atoms with E-state index in [2.05, 4.69) is 19.2 Å². The molecule has 0 radical (unpaired) electrons. The second-order valence-electron chi connectivity index (χ2n) is 4.52. The van der Waals surface area contributed by atoms with Crippen LogP contribution in [0, 0.1) is 12.8 Å². The predicted molar refractivity (Wildman–Crippen MR) is 70.3 cm³/mol. The maximum absolute atomic E-state index is 11.5. The summed E-state index contributed by atoms with van der Waals surface area (Å²) in [4.78, 5) is 11.5. The van der Waals surface area contributed by atoms with Gasteiger partial charge in [0.1, 0.15) is 0 Å². The molecule has 0 saturated carbocycles. The average Bonchev–Trinajstić information content (AvgIpc) is 2.28. The van der Waals surface area contributed by atoms with Gasteiger partial charge in [-0.25, -0.2) is 4.79 Å². The molecule has 0 aliphatic carbocycles. The Bertz CT molecular complexity index is 414. The number of ether oxygens (including phenoxy) is 1. The number of carbonyl (C=O) groups excluding carboxylic acids is 1. The number of aryl methyl sites for hydroxylation is 1. The first-order valence-electron chi connectivity index (χ1n) is 5.68. The van der Waals surface area contributed by atoms with Crippen molar-refractivity contribution in [2.24, 2.45) is 5.92 Å². The van der Waals surface area contributed by atoms with Gasteiger partial charge in [0.2, 0.25) is 0 Å². The number of rotatable bonds is 4. The van der Waals surface area contributed by atoms with Gasteiger partial charge in [-0.05, 0) is 30.5 Å². The van der Waals surface area contributed by atoms with E-state index in [1.54, 1.807) is 6.07 Å². The zero-order valence-electron chi connectivity index (χ0n) is 10.8.